The third-order valence-corrected chi connectivity index (χ3v) is 8.06. The minimum absolute atomic E-state index is 0.0482. The molecule has 202 valence electrons. The van der Waals surface area contributed by atoms with E-state index >= 15 is 0 Å². The van der Waals surface area contributed by atoms with Crippen molar-refractivity contribution >= 4 is 52.4 Å². The third kappa shape index (κ3) is 6.27. The molecule has 0 aliphatic carbocycles. The van der Waals surface area contributed by atoms with Crippen molar-refractivity contribution in [1.29, 1.82) is 0 Å². The first-order valence-corrected chi connectivity index (χ1v) is 13.7. The van der Waals surface area contributed by atoms with Gasteiger partial charge in [-0.05, 0) is 79.7 Å². The molecule has 0 atom stereocenters. The summed E-state index contributed by atoms with van der Waals surface area (Å²) in [6.45, 7) is 1.77. The van der Waals surface area contributed by atoms with Crippen LogP contribution in [0.5, 0.6) is 0 Å². The molecule has 1 N–H and O–H groups in total. The number of halogens is 2. The van der Waals surface area contributed by atoms with Gasteiger partial charge in [0.2, 0.25) is 11.8 Å². The number of carbonyl (C=O) groups is 3. The van der Waals surface area contributed by atoms with Crippen LogP contribution in [0.2, 0.25) is 10.0 Å². The highest BCUT2D eigenvalue weighted by molar-refractivity contribution is 6.35. The lowest BCUT2D eigenvalue weighted by Crippen LogP contribution is -2.51. The Hall–Kier alpha value is -3.39. The first-order valence-electron chi connectivity index (χ1n) is 13.0. The van der Waals surface area contributed by atoms with E-state index in [1.807, 2.05) is 6.07 Å². The van der Waals surface area contributed by atoms with Gasteiger partial charge in [0.25, 0.3) is 0 Å². The SMILES string of the molecule is O=C(O)c1ccc2c(c1)N(C(=O)CN1CCC(Cc3ccccc3)CC1)CC(=O)N2Cc1ccc(Cl)cc1Cl. The van der Waals surface area contributed by atoms with Gasteiger partial charge < -0.3 is 10.0 Å². The highest BCUT2D eigenvalue weighted by Crippen LogP contribution is 2.37. The van der Waals surface area contributed by atoms with Crippen molar-refractivity contribution in [2.45, 2.75) is 25.8 Å². The van der Waals surface area contributed by atoms with Crippen LogP contribution in [0.3, 0.4) is 0 Å². The second-order valence-corrected chi connectivity index (χ2v) is 11.0. The Labute approximate surface area is 237 Å². The van der Waals surface area contributed by atoms with Gasteiger partial charge in [0, 0.05) is 10.0 Å². The van der Waals surface area contributed by atoms with Crippen molar-refractivity contribution in [2.24, 2.45) is 5.92 Å². The van der Waals surface area contributed by atoms with Gasteiger partial charge in [-0.2, -0.15) is 0 Å². The molecule has 2 aliphatic rings. The predicted octanol–water partition coefficient (Wildman–Crippen LogP) is 5.53. The summed E-state index contributed by atoms with van der Waals surface area (Å²) in [6.07, 6.45) is 3.02. The maximum absolute atomic E-state index is 13.5. The van der Waals surface area contributed by atoms with Gasteiger partial charge in [-0.1, -0.05) is 59.6 Å². The standard InChI is InChI=1S/C30H29Cl2N3O4/c31-24-8-6-23(25(32)16-24)17-34-26-9-7-22(30(38)39)15-27(26)35(19-29(34)37)28(36)18-33-12-10-21(11-13-33)14-20-4-2-1-3-5-20/h1-9,15-16,21H,10-14,17-19H2,(H,38,39). The fourth-order valence-electron chi connectivity index (χ4n) is 5.33. The molecule has 9 heteroatoms. The summed E-state index contributed by atoms with van der Waals surface area (Å²) >= 11 is 12.4. The average Bonchev–Trinajstić information content (AvgIpc) is 2.92. The van der Waals surface area contributed by atoms with Crippen LogP contribution >= 0.6 is 23.2 Å². The summed E-state index contributed by atoms with van der Waals surface area (Å²) in [5.74, 6) is -1.03. The molecule has 39 heavy (non-hydrogen) atoms. The van der Waals surface area contributed by atoms with Gasteiger partial charge in [0.15, 0.2) is 0 Å². The minimum atomic E-state index is -1.10. The summed E-state index contributed by atoms with van der Waals surface area (Å²) in [6, 6.07) is 20.0. The van der Waals surface area contributed by atoms with E-state index in [-0.39, 0.29) is 37.0 Å². The smallest absolute Gasteiger partial charge is 0.335 e. The molecule has 2 amide bonds. The van der Waals surface area contributed by atoms with Crippen molar-refractivity contribution in [3.63, 3.8) is 0 Å². The van der Waals surface area contributed by atoms with Gasteiger partial charge in [-0.25, -0.2) is 4.79 Å². The van der Waals surface area contributed by atoms with E-state index in [2.05, 4.69) is 29.2 Å². The summed E-state index contributed by atoms with van der Waals surface area (Å²) < 4.78 is 0. The molecular weight excluding hydrogens is 537 g/mol. The number of nitrogens with zero attached hydrogens (tertiary/aromatic N) is 3. The number of amides is 2. The third-order valence-electron chi connectivity index (χ3n) is 7.48. The van der Waals surface area contributed by atoms with Gasteiger partial charge >= 0.3 is 5.97 Å². The number of piperidine rings is 1. The predicted molar refractivity (Wildman–Crippen MR) is 153 cm³/mol. The maximum atomic E-state index is 13.5. The number of rotatable bonds is 7. The second-order valence-electron chi connectivity index (χ2n) is 10.1. The molecule has 1 saturated heterocycles. The molecule has 0 aromatic heterocycles. The van der Waals surface area contributed by atoms with Gasteiger partial charge in [-0.3, -0.25) is 19.4 Å². The molecule has 2 heterocycles. The van der Waals surface area contributed by atoms with Gasteiger partial charge in [0.05, 0.1) is 30.0 Å². The lowest BCUT2D eigenvalue weighted by molar-refractivity contribution is -0.123. The molecule has 0 bridgehead atoms. The zero-order valence-corrected chi connectivity index (χ0v) is 22.9. The number of hydrogen-bond donors (Lipinski definition) is 1. The Morgan fingerprint density at radius 3 is 2.36 bits per heavy atom. The Bertz CT molecular complexity index is 1390. The van der Waals surface area contributed by atoms with E-state index in [0.717, 1.165) is 32.4 Å². The summed E-state index contributed by atoms with van der Waals surface area (Å²) in [7, 11) is 0. The van der Waals surface area contributed by atoms with Crippen LogP contribution in [0.1, 0.15) is 34.3 Å². The first kappa shape index (κ1) is 27.2. The Morgan fingerprint density at radius 1 is 0.923 bits per heavy atom. The van der Waals surface area contributed by atoms with Crippen LogP contribution in [0.4, 0.5) is 11.4 Å². The number of fused-ring (bicyclic) bond motifs is 1. The van der Waals surface area contributed by atoms with Crippen molar-refractivity contribution in [3.8, 4) is 0 Å². The average molecular weight is 566 g/mol. The molecule has 3 aromatic carbocycles. The van der Waals surface area contributed by atoms with Crippen LogP contribution in [0.15, 0.2) is 66.7 Å². The van der Waals surface area contributed by atoms with E-state index in [9.17, 15) is 19.5 Å². The normalized spacial score (nSPS) is 16.3. The molecule has 0 saturated carbocycles. The summed E-state index contributed by atoms with van der Waals surface area (Å²) in [5, 5.41) is 10.5. The number of carboxylic acids is 1. The quantitative estimate of drug-likeness (QED) is 0.407. The van der Waals surface area contributed by atoms with E-state index in [1.54, 1.807) is 24.3 Å². The Kier molecular flexibility index (Phi) is 8.21. The number of hydrogen-bond acceptors (Lipinski definition) is 4. The van der Waals surface area contributed by atoms with Crippen LogP contribution in [0, 0.1) is 5.92 Å². The molecule has 1 fully saturated rings. The molecule has 3 aromatic rings. The van der Waals surface area contributed by atoms with Crippen molar-refractivity contribution in [2.75, 3.05) is 36.0 Å². The molecular formula is C30H29Cl2N3O4. The minimum Gasteiger partial charge on any atom is -0.478 e. The molecule has 5 rings (SSSR count). The van der Waals surface area contributed by atoms with Crippen molar-refractivity contribution < 1.29 is 19.5 Å². The number of benzene rings is 3. The molecule has 0 radical (unpaired) electrons. The molecule has 2 aliphatic heterocycles. The zero-order valence-electron chi connectivity index (χ0n) is 21.4. The van der Waals surface area contributed by atoms with Crippen LogP contribution in [0.25, 0.3) is 0 Å². The van der Waals surface area contributed by atoms with Gasteiger partial charge in [0.1, 0.15) is 6.54 Å². The number of aromatic carboxylic acids is 1. The van der Waals surface area contributed by atoms with Crippen LogP contribution < -0.4 is 9.80 Å². The zero-order chi connectivity index (χ0) is 27.5. The first-order chi connectivity index (χ1) is 18.8. The molecule has 7 nitrogen and oxygen atoms in total. The molecule has 0 unspecified atom stereocenters. The van der Waals surface area contributed by atoms with E-state index in [4.69, 9.17) is 23.2 Å². The lowest BCUT2D eigenvalue weighted by Gasteiger charge is -2.38. The van der Waals surface area contributed by atoms with Crippen molar-refractivity contribution in [3.05, 3.63) is 93.5 Å². The van der Waals surface area contributed by atoms with E-state index in [1.165, 1.54) is 27.5 Å². The highest BCUT2D eigenvalue weighted by Gasteiger charge is 2.34. The van der Waals surface area contributed by atoms with E-state index in [0.29, 0.717) is 32.9 Å². The number of carboxylic acid groups (broad SMARTS) is 1. The largest absolute Gasteiger partial charge is 0.478 e. The second kappa shape index (κ2) is 11.8. The topological polar surface area (TPSA) is 81.2 Å². The van der Waals surface area contributed by atoms with Crippen LogP contribution in [-0.2, 0) is 22.6 Å². The lowest BCUT2D eigenvalue weighted by atomic mass is 9.90. The Morgan fingerprint density at radius 2 is 1.67 bits per heavy atom. The highest BCUT2D eigenvalue weighted by atomic mass is 35.5. The monoisotopic (exact) mass is 565 g/mol. The maximum Gasteiger partial charge on any atom is 0.335 e. The Balaban J connectivity index is 1.31. The number of likely N-dealkylation sites (tertiary alicyclic amines) is 1. The van der Waals surface area contributed by atoms with Gasteiger partial charge in [-0.15, -0.1) is 0 Å². The fraction of sp³-hybridized carbons (Fsp3) is 0.300. The molecule has 0 spiro atoms. The summed E-state index contributed by atoms with van der Waals surface area (Å²) in [4.78, 5) is 43.6. The fourth-order valence-corrected chi connectivity index (χ4v) is 5.80. The van der Waals surface area contributed by atoms with E-state index < -0.39 is 5.97 Å². The van der Waals surface area contributed by atoms with Crippen LogP contribution in [-0.4, -0.2) is 54.0 Å². The summed E-state index contributed by atoms with van der Waals surface area (Å²) in [5.41, 5.74) is 2.95. The number of anilines is 2. The number of carbonyl (C=O) groups excluding carboxylic acids is 2. The van der Waals surface area contributed by atoms with Crippen molar-refractivity contribution in [1.82, 2.24) is 4.90 Å².